The van der Waals surface area contributed by atoms with E-state index in [1.54, 1.807) is 0 Å². The zero-order chi connectivity index (χ0) is 10.1. The fourth-order valence-corrected chi connectivity index (χ4v) is 1.77. The average molecular weight is 192 g/mol. The predicted molar refractivity (Wildman–Crippen MR) is 57.9 cm³/mol. The quantitative estimate of drug-likeness (QED) is 0.725. The van der Waals surface area contributed by atoms with Crippen molar-refractivity contribution in [3.63, 3.8) is 0 Å². The van der Waals surface area contributed by atoms with Crippen LogP contribution in [-0.2, 0) is 0 Å². The van der Waals surface area contributed by atoms with Crippen LogP contribution in [-0.4, -0.2) is 26.2 Å². The van der Waals surface area contributed by atoms with E-state index in [-0.39, 0.29) is 6.10 Å². The summed E-state index contributed by atoms with van der Waals surface area (Å²) < 4.78 is 5.74. The molecule has 0 amide bonds. The number of anilines is 1. The smallest absolute Gasteiger partial charge is 0.143 e. The molecule has 14 heavy (non-hydrogen) atoms. The highest BCUT2D eigenvalue weighted by molar-refractivity contribution is 5.61. The van der Waals surface area contributed by atoms with Crippen molar-refractivity contribution < 1.29 is 4.74 Å². The second-order valence-electron chi connectivity index (χ2n) is 3.83. The van der Waals surface area contributed by atoms with Gasteiger partial charge in [0.25, 0.3) is 0 Å². The number of aryl methyl sites for hydroxylation is 1. The zero-order valence-corrected chi connectivity index (χ0v) is 8.66. The van der Waals surface area contributed by atoms with Crippen molar-refractivity contribution >= 4 is 5.69 Å². The highest BCUT2D eigenvalue weighted by Gasteiger charge is 2.21. The average Bonchev–Trinajstić information content (AvgIpc) is 2.19. The van der Waals surface area contributed by atoms with Crippen LogP contribution in [0.5, 0.6) is 5.75 Å². The molecule has 0 radical (unpaired) electrons. The highest BCUT2D eigenvalue weighted by Crippen LogP contribution is 2.32. The Morgan fingerprint density at radius 1 is 1.57 bits per heavy atom. The number of rotatable bonds is 1. The van der Waals surface area contributed by atoms with Crippen molar-refractivity contribution in [2.24, 2.45) is 5.73 Å². The SMILES string of the molecule is Cc1ccc2c(c1)N(C)CC(CN)O2. The van der Waals surface area contributed by atoms with E-state index in [0.29, 0.717) is 6.54 Å². The van der Waals surface area contributed by atoms with Crippen molar-refractivity contribution in [1.29, 1.82) is 0 Å². The van der Waals surface area contributed by atoms with E-state index in [2.05, 4.69) is 31.0 Å². The highest BCUT2D eigenvalue weighted by atomic mass is 16.5. The van der Waals surface area contributed by atoms with Gasteiger partial charge in [-0.25, -0.2) is 0 Å². The molecule has 0 aromatic heterocycles. The summed E-state index contributed by atoms with van der Waals surface area (Å²) in [5.41, 5.74) is 8.02. The molecule has 76 valence electrons. The Kier molecular flexibility index (Phi) is 2.33. The Labute approximate surface area is 84.5 Å². The van der Waals surface area contributed by atoms with E-state index in [9.17, 15) is 0 Å². The van der Waals surface area contributed by atoms with Crippen LogP contribution in [0.3, 0.4) is 0 Å². The Morgan fingerprint density at radius 3 is 3.07 bits per heavy atom. The van der Waals surface area contributed by atoms with Crippen LogP contribution in [0, 0.1) is 6.92 Å². The van der Waals surface area contributed by atoms with Gasteiger partial charge in [-0.15, -0.1) is 0 Å². The minimum Gasteiger partial charge on any atom is -0.485 e. The van der Waals surface area contributed by atoms with Gasteiger partial charge in [-0.3, -0.25) is 0 Å². The first kappa shape index (κ1) is 9.34. The molecule has 0 saturated carbocycles. The number of ether oxygens (including phenoxy) is 1. The van der Waals surface area contributed by atoms with Crippen LogP contribution in [0.1, 0.15) is 5.56 Å². The lowest BCUT2D eigenvalue weighted by atomic mass is 10.1. The van der Waals surface area contributed by atoms with Gasteiger partial charge >= 0.3 is 0 Å². The Bertz CT molecular complexity index is 338. The molecule has 0 fully saturated rings. The standard InChI is InChI=1S/C11H16N2O/c1-8-3-4-11-10(5-8)13(2)7-9(6-12)14-11/h3-5,9H,6-7,12H2,1-2H3. The third-order valence-corrected chi connectivity index (χ3v) is 2.56. The summed E-state index contributed by atoms with van der Waals surface area (Å²) in [6.45, 7) is 3.52. The fourth-order valence-electron chi connectivity index (χ4n) is 1.77. The van der Waals surface area contributed by atoms with Gasteiger partial charge in [-0.05, 0) is 24.6 Å². The molecule has 1 atom stereocenters. The van der Waals surface area contributed by atoms with Crippen molar-refractivity contribution in [2.45, 2.75) is 13.0 Å². The zero-order valence-electron chi connectivity index (χ0n) is 8.66. The van der Waals surface area contributed by atoms with Crippen LogP contribution in [0.25, 0.3) is 0 Å². The maximum atomic E-state index is 5.74. The first-order chi connectivity index (χ1) is 6.70. The molecule has 2 rings (SSSR count). The van der Waals surface area contributed by atoms with Gasteiger partial charge in [0.05, 0.1) is 12.2 Å². The lowest BCUT2D eigenvalue weighted by Gasteiger charge is -2.33. The number of benzene rings is 1. The monoisotopic (exact) mass is 192 g/mol. The summed E-state index contributed by atoms with van der Waals surface area (Å²) >= 11 is 0. The number of likely N-dealkylation sites (N-methyl/N-ethyl adjacent to an activating group) is 1. The molecule has 0 spiro atoms. The van der Waals surface area contributed by atoms with Crippen molar-refractivity contribution in [2.75, 3.05) is 25.0 Å². The molecule has 2 N–H and O–H groups in total. The van der Waals surface area contributed by atoms with E-state index in [4.69, 9.17) is 10.5 Å². The van der Waals surface area contributed by atoms with Crippen LogP contribution in [0.2, 0.25) is 0 Å². The molecule has 1 unspecified atom stereocenters. The summed E-state index contributed by atoms with van der Waals surface area (Å²) in [6, 6.07) is 6.22. The Balaban J connectivity index is 2.35. The lowest BCUT2D eigenvalue weighted by molar-refractivity contribution is 0.203. The van der Waals surface area contributed by atoms with Gasteiger partial charge in [0.1, 0.15) is 11.9 Å². The Morgan fingerprint density at radius 2 is 2.36 bits per heavy atom. The van der Waals surface area contributed by atoms with Crippen molar-refractivity contribution in [1.82, 2.24) is 0 Å². The molecular formula is C11H16N2O. The third kappa shape index (κ3) is 1.55. The maximum absolute atomic E-state index is 5.74. The van der Waals surface area contributed by atoms with Gasteiger partial charge in [-0.2, -0.15) is 0 Å². The largest absolute Gasteiger partial charge is 0.485 e. The summed E-state index contributed by atoms with van der Waals surface area (Å²) in [4.78, 5) is 2.20. The minimum atomic E-state index is 0.121. The second kappa shape index (κ2) is 3.50. The Hall–Kier alpha value is -1.22. The normalized spacial score (nSPS) is 20.2. The molecule has 1 aliphatic rings. The minimum absolute atomic E-state index is 0.121. The first-order valence-corrected chi connectivity index (χ1v) is 4.89. The number of nitrogens with two attached hydrogens (primary N) is 1. The van der Waals surface area contributed by atoms with E-state index >= 15 is 0 Å². The van der Waals surface area contributed by atoms with Crippen molar-refractivity contribution in [3.05, 3.63) is 23.8 Å². The van der Waals surface area contributed by atoms with Crippen LogP contribution < -0.4 is 15.4 Å². The molecule has 1 aromatic rings. The molecule has 0 saturated heterocycles. The van der Waals surface area contributed by atoms with E-state index in [1.165, 1.54) is 5.56 Å². The maximum Gasteiger partial charge on any atom is 0.143 e. The topological polar surface area (TPSA) is 38.5 Å². The number of fused-ring (bicyclic) bond motifs is 1. The second-order valence-corrected chi connectivity index (χ2v) is 3.83. The van der Waals surface area contributed by atoms with Crippen LogP contribution in [0.4, 0.5) is 5.69 Å². The number of hydrogen-bond donors (Lipinski definition) is 1. The molecule has 0 aliphatic carbocycles. The van der Waals surface area contributed by atoms with Gasteiger partial charge in [-0.1, -0.05) is 6.07 Å². The van der Waals surface area contributed by atoms with Gasteiger partial charge in [0.15, 0.2) is 0 Å². The van der Waals surface area contributed by atoms with Crippen LogP contribution >= 0.6 is 0 Å². The summed E-state index contributed by atoms with van der Waals surface area (Å²) in [7, 11) is 2.07. The molecular weight excluding hydrogens is 176 g/mol. The van der Waals surface area contributed by atoms with Gasteiger partial charge in [0, 0.05) is 13.6 Å². The summed E-state index contributed by atoms with van der Waals surface area (Å²) in [5, 5.41) is 0. The van der Waals surface area contributed by atoms with E-state index < -0.39 is 0 Å². The molecule has 3 nitrogen and oxygen atoms in total. The molecule has 0 bridgehead atoms. The van der Waals surface area contributed by atoms with Gasteiger partial charge < -0.3 is 15.4 Å². The summed E-state index contributed by atoms with van der Waals surface area (Å²) in [6.07, 6.45) is 0.121. The lowest BCUT2D eigenvalue weighted by Crippen LogP contribution is -2.42. The molecule has 1 aromatic carbocycles. The van der Waals surface area contributed by atoms with E-state index in [0.717, 1.165) is 18.0 Å². The molecule has 3 heteroatoms. The van der Waals surface area contributed by atoms with Crippen molar-refractivity contribution in [3.8, 4) is 5.75 Å². The number of hydrogen-bond acceptors (Lipinski definition) is 3. The van der Waals surface area contributed by atoms with Crippen LogP contribution in [0.15, 0.2) is 18.2 Å². The van der Waals surface area contributed by atoms with Gasteiger partial charge in [0.2, 0.25) is 0 Å². The first-order valence-electron chi connectivity index (χ1n) is 4.89. The molecule has 1 aliphatic heterocycles. The van der Waals surface area contributed by atoms with E-state index in [1.807, 2.05) is 6.07 Å². The summed E-state index contributed by atoms with van der Waals surface area (Å²) in [5.74, 6) is 0.944. The predicted octanol–water partition coefficient (Wildman–Crippen LogP) is 1.15. The third-order valence-electron chi connectivity index (χ3n) is 2.56. The molecule has 1 heterocycles. The fraction of sp³-hybridized carbons (Fsp3) is 0.455. The number of nitrogens with zero attached hydrogens (tertiary/aromatic N) is 1.